The first-order chi connectivity index (χ1) is 13.6. The van der Waals surface area contributed by atoms with Gasteiger partial charge >= 0.3 is 6.61 Å². The van der Waals surface area contributed by atoms with Crippen LogP contribution in [0.25, 0.3) is 5.69 Å². The van der Waals surface area contributed by atoms with Crippen LogP contribution >= 0.6 is 0 Å². The van der Waals surface area contributed by atoms with Gasteiger partial charge in [0, 0.05) is 12.2 Å². The van der Waals surface area contributed by atoms with Crippen molar-refractivity contribution in [3.63, 3.8) is 0 Å². The fraction of sp³-hybridized carbons (Fsp3) is 0.200. The van der Waals surface area contributed by atoms with Crippen LogP contribution in [0.3, 0.4) is 0 Å². The quantitative estimate of drug-likeness (QED) is 0.643. The number of nitrogens with one attached hydrogen (secondary N) is 1. The summed E-state index contributed by atoms with van der Waals surface area (Å²) in [5.41, 5.74) is 2.07. The molecular formula is C20H19F2N3O3. The minimum absolute atomic E-state index is 0.0305. The summed E-state index contributed by atoms with van der Waals surface area (Å²) in [6, 6.07) is 14.1. The topological polar surface area (TPSA) is 65.4 Å². The summed E-state index contributed by atoms with van der Waals surface area (Å²) >= 11 is 0. The molecule has 0 fully saturated rings. The maximum absolute atomic E-state index is 12.5. The molecule has 6 nitrogen and oxygen atoms in total. The van der Waals surface area contributed by atoms with Crippen molar-refractivity contribution in [1.29, 1.82) is 0 Å². The van der Waals surface area contributed by atoms with E-state index in [9.17, 15) is 13.6 Å². The highest BCUT2D eigenvalue weighted by atomic mass is 19.3. The van der Waals surface area contributed by atoms with Crippen molar-refractivity contribution < 1.29 is 23.0 Å². The molecule has 0 aliphatic carbocycles. The lowest BCUT2D eigenvalue weighted by atomic mass is 10.1. The van der Waals surface area contributed by atoms with Crippen molar-refractivity contribution in [2.75, 3.05) is 13.7 Å². The summed E-state index contributed by atoms with van der Waals surface area (Å²) in [5, 5.41) is 2.84. The number of hydrogen-bond donors (Lipinski definition) is 1. The minimum atomic E-state index is -2.92. The smallest absolute Gasteiger partial charge is 0.387 e. The summed E-state index contributed by atoms with van der Waals surface area (Å²) in [6.45, 7) is -2.56. The molecule has 28 heavy (non-hydrogen) atoms. The SMILES string of the molecule is COc1cc(CCNC(=O)c2cncn2-c2ccccc2)ccc1OC(F)F. The van der Waals surface area contributed by atoms with Gasteiger partial charge in [0.15, 0.2) is 11.5 Å². The summed E-state index contributed by atoms with van der Waals surface area (Å²) in [6.07, 6.45) is 3.58. The third kappa shape index (κ3) is 4.64. The second-order valence-electron chi connectivity index (χ2n) is 5.85. The maximum atomic E-state index is 12.5. The summed E-state index contributed by atoms with van der Waals surface area (Å²) in [5.74, 6) is -0.0747. The van der Waals surface area contributed by atoms with Crippen LogP contribution in [-0.2, 0) is 6.42 Å². The number of methoxy groups -OCH3 is 1. The van der Waals surface area contributed by atoms with Gasteiger partial charge in [0.1, 0.15) is 5.69 Å². The van der Waals surface area contributed by atoms with Crippen molar-refractivity contribution in [2.45, 2.75) is 13.0 Å². The molecule has 1 N–H and O–H groups in total. The van der Waals surface area contributed by atoms with Crippen molar-refractivity contribution in [3.05, 3.63) is 72.3 Å². The Labute approximate surface area is 160 Å². The lowest BCUT2D eigenvalue weighted by molar-refractivity contribution is -0.0512. The van der Waals surface area contributed by atoms with Crippen molar-refractivity contribution in [3.8, 4) is 17.2 Å². The van der Waals surface area contributed by atoms with E-state index in [1.165, 1.54) is 19.4 Å². The van der Waals surface area contributed by atoms with Gasteiger partial charge < -0.3 is 14.8 Å². The van der Waals surface area contributed by atoms with E-state index in [-0.39, 0.29) is 17.4 Å². The van der Waals surface area contributed by atoms with E-state index in [1.54, 1.807) is 23.0 Å². The number of hydrogen-bond acceptors (Lipinski definition) is 4. The number of halogens is 2. The molecule has 0 aliphatic heterocycles. The van der Waals surface area contributed by atoms with Crippen molar-refractivity contribution >= 4 is 5.91 Å². The van der Waals surface area contributed by atoms with Crippen LogP contribution in [0.2, 0.25) is 0 Å². The molecule has 1 aromatic heterocycles. The molecule has 0 radical (unpaired) electrons. The molecule has 1 amide bonds. The van der Waals surface area contributed by atoms with Gasteiger partial charge in [-0.05, 0) is 36.2 Å². The number of imidazole rings is 1. The number of nitrogens with zero attached hydrogens (tertiary/aromatic N) is 2. The van der Waals surface area contributed by atoms with E-state index in [0.29, 0.717) is 18.7 Å². The lowest BCUT2D eigenvalue weighted by Crippen LogP contribution is -2.27. The van der Waals surface area contributed by atoms with E-state index in [1.807, 2.05) is 30.3 Å². The van der Waals surface area contributed by atoms with Gasteiger partial charge in [-0.3, -0.25) is 9.36 Å². The van der Waals surface area contributed by atoms with E-state index < -0.39 is 6.61 Å². The van der Waals surface area contributed by atoms with E-state index in [2.05, 4.69) is 15.0 Å². The average Bonchev–Trinajstić information content (AvgIpc) is 3.19. The zero-order valence-electron chi connectivity index (χ0n) is 15.1. The van der Waals surface area contributed by atoms with Gasteiger partial charge in [0.25, 0.3) is 5.91 Å². The van der Waals surface area contributed by atoms with Crippen LogP contribution in [0.15, 0.2) is 61.1 Å². The average molecular weight is 387 g/mol. The highest BCUT2D eigenvalue weighted by Crippen LogP contribution is 2.29. The molecule has 146 valence electrons. The monoisotopic (exact) mass is 387 g/mol. The van der Waals surface area contributed by atoms with E-state index in [4.69, 9.17) is 4.74 Å². The highest BCUT2D eigenvalue weighted by Gasteiger charge is 2.14. The zero-order chi connectivity index (χ0) is 19.9. The molecular weight excluding hydrogens is 368 g/mol. The first kappa shape index (κ1) is 19.3. The minimum Gasteiger partial charge on any atom is -0.493 e. The van der Waals surface area contributed by atoms with Crippen LogP contribution in [0.4, 0.5) is 8.78 Å². The molecule has 1 heterocycles. The fourth-order valence-corrected chi connectivity index (χ4v) is 2.73. The number of rotatable bonds is 8. The van der Waals surface area contributed by atoms with Gasteiger partial charge in [0.05, 0.1) is 19.6 Å². The number of benzene rings is 2. The van der Waals surface area contributed by atoms with Gasteiger partial charge in [-0.25, -0.2) is 4.98 Å². The molecule has 0 atom stereocenters. The zero-order valence-corrected chi connectivity index (χ0v) is 15.1. The summed E-state index contributed by atoms with van der Waals surface area (Å²) < 4.78 is 36.0. The molecule has 3 aromatic rings. The first-order valence-electron chi connectivity index (χ1n) is 8.56. The number of carbonyl (C=O) groups is 1. The highest BCUT2D eigenvalue weighted by molar-refractivity contribution is 5.93. The van der Waals surface area contributed by atoms with Crippen LogP contribution < -0.4 is 14.8 Å². The molecule has 2 aromatic carbocycles. The third-order valence-corrected chi connectivity index (χ3v) is 4.05. The Balaban J connectivity index is 1.62. The molecule has 8 heteroatoms. The van der Waals surface area contributed by atoms with Gasteiger partial charge in [0.2, 0.25) is 0 Å². The number of ether oxygens (including phenoxy) is 2. The second kappa shape index (κ2) is 8.98. The van der Waals surface area contributed by atoms with Crippen LogP contribution in [-0.4, -0.2) is 35.7 Å². The number of carbonyl (C=O) groups excluding carboxylic acids is 1. The third-order valence-electron chi connectivity index (χ3n) is 4.05. The first-order valence-corrected chi connectivity index (χ1v) is 8.56. The van der Waals surface area contributed by atoms with Gasteiger partial charge in [-0.1, -0.05) is 24.3 Å². The molecule has 0 aliphatic rings. The number of alkyl halides is 2. The summed E-state index contributed by atoms with van der Waals surface area (Å²) in [4.78, 5) is 16.5. The molecule has 3 rings (SSSR count). The van der Waals surface area contributed by atoms with Crippen molar-refractivity contribution in [2.24, 2.45) is 0 Å². The van der Waals surface area contributed by atoms with Crippen LogP contribution in [0.1, 0.15) is 16.1 Å². The Bertz CT molecular complexity index is 929. The van der Waals surface area contributed by atoms with Gasteiger partial charge in [-0.15, -0.1) is 0 Å². The summed E-state index contributed by atoms with van der Waals surface area (Å²) in [7, 11) is 1.38. The molecule has 0 saturated carbocycles. The Kier molecular flexibility index (Phi) is 6.21. The normalized spacial score (nSPS) is 10.7. The molecule has 0 saturated heterocycles. The second-order valence-corrected chi connectivity index (χ2v) is 5.85. The Morgan fingerprint density at radius 1 is 1.18 bits per heavy atom. The van der Waals surface area contributed by atoms with E-state index >= 15 is 0 Å². The molecule has 0 bridgehead atoms. The molecule has 0 spiro atoms. The van der Waals surface area contributed by atoms with E-state index in [0.717, 1.165) is 11.3 Å². The van der Waals surface area contributed by atoms with Crippen LogP contribution in [0.5, 0.6) is 11.5 Å². The van der Waals surface area contributed by atoms with Crippen LogP contribution in [0, 0.1) is 0 Å². The Morgan fingerprint density at radius 2 is 1.96 bits per heavy atom. The number of amides is 1. The maximum Gasteiger partial charge on any atom is 0.387 e. The largest absolute Gasteiger partial charge is 0.493 e. The Hall–Kier alpha value is -3.42. The number of para-hydroxylation sites is 1. The standard InChI is InChI=1S/C20H19F2N3O3/c1-27-18-11-14(7-8-17(18)28-20(21)22)9-10-24-19(26)16-12-23-13-25(16)15-5-3-2-4-6-15/h2-8,11-13,20H,9-10H2,1H3,(H,24,26). The Morgan fingerprint density at radius 3 is 2.68 bits per heavy atom. The predicted octanol–water partition coefficient (Wildman–Crippen LogP) is 3.45. The van der Waals surface area contributed by atoms with Gasteiger partial charge in [-0.2, -0.15) is 8.78 Å². The lowest BCUT2D eigenvalue weighted by Gasteiger charge is -2.12. The predicted molar refractivity (Wildman–Crippen MR) is 99.2 cm³/mol. The van der Waals surface area contributed by atoms with Crippen molar-refractivity contribution in [1.82, 2.24) is 14.9 Å². The molecule has 0 unspecified atom stereocenters. The fourth-order valence-electron chi connectivity index (χ4n) is 2.73. The number of aromatic nitrogens is 2.